The van der Waals surface area contributed by atoms with Crippen molar-refractivity contribution in [1.29, 1.82) is 0 Å². The minimum Gasteiger partial charge on any atom is -0.493 e. The van der Waals surface area contributed by atoms with Gasteiger partial charge in [0.05, 0.1) is 42.9 Å². The van der Waals surface area contributed by atoms with Gasteiger partial charge in [0.25, 0.3) is 11.8 Å². The van der Waals surface area contributed by atoms with Crippen molar-refractivity contribution in [3.63, 3.8) is 0 Å². The molecule has 4 aliphatic heterocycles. The van der Waals surface area contributed by atoms with Crippen LogP contribution in [0.2, 0.25) is 0 Å². The Balaban J connectivity index is 0.629. The zero-order chi connectivity index (χ0) is 55.5. The quantitative estimate of drug-likeness (QED) is 0.0554. The fourth-order valence-electron chi connectivity index (χ4n) is 13.3. The SMILES string of the molecule is Cc1cc(C(=O)N(C)CCCOc2cccc3c2CN(C2CCC(=O)NC2=O)C3=O)ccc1B1O[C@H]2C[C@H]3C[C@H](C3(C)C)[C@@]2(CCOCC(=O)N2CCC(n3nc(-c4ccc(Oc5ccccc5)cc4)c4c(N)ncnc43)CC2)O1. The predicted octanol–water partition coefficient (Wildman–Crippen LogP) is 6.66. The lowest BCUT2D eigenvalue weighted by molar-refractivity contribution is -0.214. The van der Waals surface area contributed by atoms with Gasteiger partial charge in [-0.3, -0.25) is 29.3 Å². The number of carbonyl (C=O) groups is 5. The average Bonchev–Trinajstić information content (AvgIpc) is 4.06. The molecule has 3 saturated heterocycles. The zero-order valence-electron chi connectivity index (χ0n) is 45.6. The molecule has 3 aliphatic carbocycles. The van der Waals surface area contributed by atoms with Crippen molar-refractivity contribution < 1.29 is 47.5 Å². The van der Waals surface area contributed by atoms with Gasteiger partial charge in [-0.25, -0.2) is 14.6 Å². The molecule has 6 heterocycles. The maximum Gasteiger partial charge on any atom is 0.494 e. The van der Waals surface area contributed by atoms with Gasteiger partial charge in [0, 0.05) is 61.8 Å². The molecule has 6 aromatic rings. The summed E-state index contributed by atoms with van der Waals surface area (Å²) in [5.74, 6) is 1.92. The summed E-state index contributed by atoms with van der Waals surface area (Å²) in [6.45, 7) is 8.99. The van der Waals surface area contributed by atoms with Gasteiger partial charge in [0.2, 0.25) is 17.7 Å². The number of imide groups is 1. The van der Waals surface area contributed by atoms with Crippen LogP contribution >= 0.6 is 0 Å². The minimum absolute atomic E-state index is 0.00213. The van der Waals surface area contributed by atoms with Gasteiger partial charge in [-0.2, -0.15) is 5.10 Å². The molecule has 80 heavy (non-hydrogen) atoms. The third kappa shape index (κ3) is 9.74. The van der Waals surface area contributed by atoms with E-state index in [1.54, 1.807) is 30.1 Å². The molecular formula is C60H66BN9O10. The van der Waals surface area contributed by atoms with Crippen molar-refractivity contribution in [2.24, 2.45) is 17.3 Å². The Labute approximate surface area is 464 Å². The van der Waals surface area contributed by atoms with Crippen LogP contribution in [-0.2, 0) is 35.0 Å². The summed E-state index contributed by atoms with van der Waals surface area (Å²) < 4.78 is 34.3. The van der Waals surface area contributed by atoms with Crippen molar-refractivity contribution in [3.05, 3.63) is 120 Å². The molecule has 7 aliphatic rings. The van der Waals surface area contributed by atoms with E-state index in [0.29, 0.717) is 115 Å². The average molecular weight is 1080 g/mol. The van der Waals surface area contributed by atoms with E-state index in [9.17, 15) is 24.0 Å². The summed E-state index contributed by atoms with van der Waals surface area (Å²) in [5.41, 5.74) is 11.7. The van der Waals surface area contributed by atoms with Crippen molar-refractivity contribution in [2.75, 3.05) is 52.2 Å². The Morgan fingerprint density at radius 1 is 0.925 bits per heavy atom. The van der Waals surface area contributed by atoms with Gasteiger partial charge < -0.3 is 44.0 Å². The summed E-state index contributed by atoms with van der Waals surface area (Å²) >= 11 is 0. The molecule has 0 radical (unpaired) electrons. The molecule has 414 valence electrons. The fraction of sp³-hybridized carbons (Fsp3) is 0.433. The van der Waals surface area contributed by atoms with Crippen LogP contribution in [0.5, 0.6) is 17.2 Å². The van der Waals surface area contributed by atoms with Gasteiger partial charge in [0.15, 0.2) is 5.65 Å². The molecule has 2 bridgehead atoms. The number of nitrogens with zero attached hydrogens (tertiary/aromatic N) is 7. The Hall–Kier alpha value is -7.68. The third-order valence-electron chi connectivity index (χ3n) is 17.9. The van der Waals surface area contributed by atoms with E-state index in [4.69, 9.17) is 34.4 Å². The number of ether oxygens (including phenoxy) is 3. The molecule has 6 fully saturated rings. The van der Waals surface area contributed by atoms with Crippen LogP contribution in [0.25, 0.3) is 22.3 Å². The lowest BCUT2D eigenvalue weighted by Gasteiger charge is -2.65. The number of aryl methyl sites for hydroxylation is 1. The smallest absolute Gasteiger partial charge is 0.493 e. The monoisotopic (exact) mass is 1080 g/mol. The van der Waals surface area contributed by atoms with E-state index in [0.717, 1.165) is 35.2 Å². The number of anilines is 1. The van der Waals surface area contributed by atoms with Crippen LogP contribution in [0.1, 0.15) is 103 Å². The summed E-state index contributed by atoms with van der Waals surface area (Å²) in [5, 5.41) is 8.10. The number of aromatic nitrogens is 4. The van der Waals surface area contributed by atoms with Crippen molar-refractivity contribution in [3.8, 4) is 28.5 Å². The number of likely N-dealkylation sites (tertiary alicyclic amines) is 1. The van der Waals surface area contributed by atoms with E-state index >= 15 is 0 Å². The maximum atomic E-state index is 13.8. The molecule has 5 amide bonds. The van der Waals surface area contributed by atoms with Gasteiger partial charge >= 0.3 is 7.12 Å². The Morgan fingerprint density at radius 3 is 2.48 bits per heavy atom. The van der Waals surface area contributed by atoms with Crippen LogP contribution in [0.15, 0.2) is 97.3 Å². The number of hydrogen-bond donors (Lipinski definition) is 2. The number of rotatable bonds is 17. The van der Waals surface area contributed by atoms with E-state index in [1.807, 2.05) is 89.3 Å². The second-order valence-corrected chi connectivity index (χ2v) is 22.9. The standard InChI is InChI=1S/C60H66BN9O10/c1-36-30-38(57(74)67(4)25-9-28-77-47-13-8-12-43-44(47)33-69(58(43)75)46-20-21-50(71)65-56(46)73)16-19-45(36)61-79-49-32-39-31-48(59(39,2)3)60(49,80-61)24-29-76-34-51(72)68-26-22-40(23-27-68)70-55-52(54(62)63-35-64-55)53(66-70)37-14-17-42(18-15-37)78-41-10-6-5-7-11-41/h5-8,10-19,30,35,39-40,46,48-49H,9,20-29,31-34H2,1-4H3,(H2,62,63,64)(H,65,71,73)/t39-,46?,48-,49+,60-/m1/s1. The molecule has 5 atom stereocenters. The lowest BCUT2D eigenvalue weighted by atomic mass is 9.43. The number of amides is 5. The first-order valence-corrected chi connectivity index (χ1v) is 27.9. The largest absolute Gasteiger partial charge is 0.494 e. The summed E-state index contributed by atoms with van der Waals surface area (Å²) in [6.07, 6.45) is 6.23. The number of piperidine rings is 2. The first-order chi connectivity index (χ1) is 38.7. The highest BCUT2D eigenvalue weighted by molar-refractivity contribution is 6.62. The zero-order valence-corrected chi connectivity index (χ0v) is 45.6. The van der Waals surface area contributed by atoms with Crippen molar-refractivity contribution in [2.45, 2.75) is 102 Å². The van der Waals surface area contributed by atoms with E-state index in [1.165, 1.54) is 11.2 Å². The number of nitrogen functional groups attached to an aromatic ring is 1. The number of hydrogen-bond acceptors (Lipinski definition) is 14. The second-order valence-electron chi connectivity index (χ2n) is 22.9. The second kappa shape index (κ2) is 21.4. The van der Waals surface area contributed by atoms with E-state index < -0.39 is 24.7 Å². The molecule has 1 unspecified atom stereocenters. The highest BCUT2D eigenvalue weighted by atomic mass is 16.7. The molecule has 19 nitrogen and oxygen atoms in total. The highest BCUT2D eigenvalue weighted by Crippen LogP contribution is 2.66. The highest BCUT2D eigenvalue weighted by Gasteiger charge is 2.69. The number of benzene rings is 4. The minimum atomic E-state index is -0.710. The van der Waals surface area contributed by atoms with E-state index in [-0.39, 0.29) is 73.1 Å². The van der Waals surface area contributed by atoms with E-state index in [2.05, 4.69) is 29.1 Å². The third-order valence-corrected chi connectivity index (χ3v) is 17.9. The number of nitrogens with one attached hydrogen (secondary N) is 1. The van der Waals surface area contributed by atoms with Gasteiger partial charge in [-0.05, 0) is 129 Å². The first-order valence-electron chi connectivity index (χ1n) is 27.9. The van der Waals surface area contributed by atoms with Crippen molar-refractivity contribution >= 4 is 59.0 Å². The summed E-state index contributed by atoms with van der Waals surface area (Å²) in [6, 6.07) is 27.6. The van der Waals surface area contributed by atoms with Gasteiger partial charge in [-0.15, -0.1) is 0 Å². The lowest BCUT2D eigenvalue weighted by Crippen LogP contribution is -2.67. The van der Waals surface area contributed by atoms with Crippen LogP contribution in [-0.4, -0.2) is 135 Å². The molecule has 3 saturated carbocycles. The maximum absolute atomic E-state index is 13.8. The Morgan fingerprint density at radius 2 is 1.71 bits per heavy atom. The number of fused-ring (bicyclic) bond motifs is 2. The topological polar surface area (TPSA) is 223 Å². The van der Waals surface area contributed by atoms with Crippen molar-refractivity contribution in [1.82, 2.24) is 39.8 Å². The molecule has 3 N–H and O–H groups in total. The summed E-state index contributed by atoms with van der Waals surface area (Å²) in [7, 11) is 1.15. The molecule has 2 aromatic heterocycles. The van der Waals surface area contributed by atoms with Crippen LogP contribution < -0.4 is 26.0 Å². The van der Waals surface area contributed by atoms with Crippen LogP contribution in [0, 0.1) is 24.2 Å². The Bertz CT molecular complexity index is 3390. The number of para-hydroxylation sites is 1. The summed E-state index contributed by atoms with van der Waals surface area (Å²) in [4.78, 5) is 79.0. The molecular weight excluding hydrogens is 1020 g/mol. The molecule has 0 spiro atoms. The van der Waals surface area contributed by atoms with Crippen LogP contribution in [0.3, 0.4) is 0 Å². The number of nitrogens with two attached hydrogens (primary N) is 1. The molecule has 13 rings (SSSR count). The normalized spacial score (nSPS) is 23.1. The molecule has 4 aromatic carbocycles. The van der Waals surface area contributed by atoms with Crippen LogP contribution in [0.4, 0.5) is 5.82 Å². The first kappa shape index (κ1) is 53.0. The molecule has 20 heteroatoms. The Kier molecular flexibility index (Phi) is 14.2. The van der Waals surface area contributed by atoms with Gasteiger partial charge in [0.1, 0.15) is 47.7 Å². The predicted molar refractivity (Wildman–Crippen MR) is 297 cm³/mol. The van der Waals surface area contributed by atoms with Gasteiger partial charge in [-0.1, -0.05) is 49.7 Å². The number of carbonyl (C=O) groups excluding carboxylic acids is 5. The fourth-order valence-corrected chi connectivity index (χ4v) is 13.3.